The minimum absolute atomic E-state index is 0.189. The van der Waals surface area contributed by atoms with Crippen LogP contribution in [0, 0.1) is 0 Å². The van der Waals surface area contributed by atoms with E-state index in [0.717, 1.165) is 45.0 Å². The molecule has 8 aromatic rings. The molecule has 0 amide bonds. The van der Waals surface area contributed by atoms with Gasteiger partial charge in [-0.05, 0) is 123 Å². The van der Waals surface area contributed by atoms with Gasteiger partial charge in [0.15, 0.2) is 0 Å². The third-order valence-electron chi connectivity index (χ3n) is 10.8. The van der Waals surface area contributed by atoms with E-state index in [2.05, 4.69) is 218 Å². The number of benzene rings is 8. The first-order valence-electron chi connectivity index (χ1n) is 18.5. The Bertz CT molecular complexity index is 2660. The van der Waals surface area contributed by atoms with E-state index in [9.17, 15) is 0 Å². The molecule has 0 radical (unpaired) electrons. The zero-order valence-corrected chi connectivity index (χ0v) is 30.5. The van der Waals surface area contributed by atoms with Crippen LogP contribution in [0.1, 0.15) is 30.5 Å². The van der Waals surface area contributed by atoms with E-state index < -0.39 is 0 Å². The number of anilines is 6. The molecule has 0 bridgehead atoms. The summed E-state index contributed by atoms with van der Waals surface area (Å²) >= 11 is 0. The number of nitrogens with two attached hydrogens (primary N) is 1. The summed E-state index contributed by atoms with van der Waals surface area (Å²) in [6.07, 6.45) is 4.33. The smallest absolute Gasteiger partial charge is 0.0503 e. The summed E-state index contributed by atoms with van der Waals surface area (Å²) in [4.78, 5) is 4.63. The molecule has 1 aliphatic rings. The highest BCUT2D eigenvalue weighted by molar-refractivity contribution is 5.90. The van der Waals surface area contributed by atoms with Crippen molar-refractivity contribution in [3.63, 3.8) is 0 Å². The molecule has 8 aromatic carbocycles. The normalized spacial score (nSPS) is 13.1. The van der Waals surface area contributed by atoms with Gasteiger partial charge in [0.2, 0.25) is 0 Å². The quantitative estimate of drug-likeness (QED) is 0.168. The number of fused-ring (bicyclic) bond motifs is 3. The lowest BCUT2D eigenvalue weighted by atomic mass is 9.73. The Hall–Kier alpha value is -6.84. The van der Waals surface area contributed by atoms with Crippen molar-refractivity contribution in [3.05, 3.63) is 211 Å². The van der Waals surface area contributed by atoms with E-state index in [0.29, 0.717) is 0 Å². The Morgan fingerprint density at radius 1 is 0.500 bits per heavy atom. The highest BCUT2D eigenvalue weighted by Crippen LogP contribution is 2.52. The second kappa shape index (κ2) is 13.6. The second-order valence-corrected chi connectivity index (χ2v) is 14.5. The van der Waals surface area contributed by atoms with Gasteiger partial charge >= 0.3 is 0 Å². The molecule has 0 saturated heterocycles. The van der Waals surface area contributed by atoms with Crippen molar-refractivity contribution >= 4 is 51.0 Å². The average Bonchev–Trinajstić information content (AvgIpc) is 3.22. The van der Waals surface area contributed by atoms with Crippen molar-refractivity contribution in [2.75, 3.05) is 15.5 Å². The summed E-state index contributed by atoms with van der Waals surface area (Å²) in [5.74, 6) is 0. The van der Waals surface area contributed by atoms with Gasteiger partial charge in [-0.15, -0.1) is 0 Å². The van der Waals surface area contributed by atoms with Crippen LogP contribution in [-0.4, -0.2) is 0 Å². The fourth-order valence-corrected chi connectivity index (χ4v) is 7.93. The third-order valence-corrected chi connectivity index (χ3v) is 10.8. The summed E-state index contributed by atoms with van der Waals surface area (Å²) in [6, 6.07) is 67.0. The van der Waals surface area contributed by atoms with E-state index in [4.69, 9.17) is 5.73 Å². The highest BCUT2D eigenvalue weighted by Gasteiger charge is 2.37. The Balaban J connectivity index is 1.07. The van der Waals surface area contributed by atoms with Crippen LogP contribution in [-0.2, 0) is 5.41 Å². The molecular formula is C51H41N3. The lowest BCUT2D eigenvalue weighted by molar-refractivity contribution is 0.632. The van der Waals surface area contributed by atoms with E-state index in [-0.39, 0.29) is 5.41 Å². The fourth-order valence-electron chi connectivity index (χ4n) is 7.93. The van der Waals surface area contributed by atoms with Crippen LogP contribution < -0.4 is 15.5 Å². The van der Waals surface area contributed by atoms with Crippen molar-refractivity contribution < 1.29 is 0 Å². The fraction of sp³-hybridized carbons (Fsp3) is 0.0588. The van der Waals surface area contributed by atoms with E-state index in [1.54, 1.807) is 0 Å². The van der Waals surface area contributed by atoms with Crippen molar-refractivity contribution in [2.45, 2.75) is 19.3 Å². The molecule has 3 nitrogen and oxygen atoms in total. The molecule has 3 heteroatoms. The van der Waals surface area contributed by atoms with Crippen molar-refractivity contribution in [2.24, 2.45) is 0 Å². The molecule has 260 valence electrons. The number of rotatable bonds is 7. The zero-order chi connectivity index (χ0) is 36.6. The molecule has 0 unspecified atom stereocenters. The maximum atomic E-state index is 6.73. The molecule has 0 aromatic heterocycles. The zero-order valence-electron chi connectivity index (χ0n) is 30.5. The third kappa shape index (κ3) is 6.00. The molecule has 0 spiro atoms. The first kappa shape index (κ1) is 33.0. The Morgan fingerprint density at radius 3 is 2.02 bits per heavy atom. The number of hydrogen-bond acceptors (Lipinski definition) is 3. The maximum absolute atomic E-state index is 6.73. The number of hydrogen-bond donors (Lipinski definition) is 1. The van der Waals surface area contributed by atoms with Crippen LogP contribution in [0.4, 0.5) is 34.1 Å². The number of nitrogen functional groups attached to an aromatic ring is 1. The Morgan fingerprint density at radius 2 is 1.19 bits per heavy atom. The van der Waals surface area contributed by atoms with Gasteiger partial charge in [0.1, 0.15) is 0 Å². The van der Waals surface area contributed by atoms with E-state index in [1.807, 2.05) is 6.07 Å². The van der Waals surface area contributed by atoms with Crippen molar-refractivity contribution in [3.8, 4) is 22.3 Å². The largest absolute Gasteiger partial charge is 0.398 e. The van der Waals surface area contributed by atoms with Gasteiger partial charge in [0, 0.05) is 39.9 Å². The van der Waals surface area contributed by atoms with Crippen LogP contribution in [0.2, 0.25) is 0 Å². The summed E-state index contributed by atoms with van der Waals surface area (Å²) in [5, 5.41) is 2.44. The summed E-state index contributed by atoms with van der Waals surface area (Å²) in [6.45, 7) is 4.67. The molecule has 0 aliphatic carbocycles. The van der Waals surface area contributed by atoms with Gasteiger partial charge in [0.05, 0.1) is 11.4 Å². The van der Waals surface area contributed by atoms with Gasteiger partial charge in [-0.25, -0.2) is 0 Å². The predicted molar refractivity (Wildman–Crippen MR) is 230 cm³/mol. The summed E-state index contributed by atoms with van der Waals surface area (Å²) in [7, 11) is 0. The van der Waals surface area contributed by atoms with Crippen LogP contribution in [0.3, 0.4) is 0 Å². The summed E-state index contributed by atoms with van der Waals surface area (Å²) in [5.41, 5.74) is 21.2. The van der Waals surface area contributed by atoms with Gasteiger partial charge in [-0.3, -0.25) is 0 Å². The van der Waals surface area contributed by atoms with Gasteiger partial charge in [0.25, 0.3) is 0 Å². The predicted octanol–water partition coefficient (Wildman–Crippen LogP) is 13.7. The van der Waals surface area contributed by atoms with E-state index >= 15 is 0 Å². The van der Waals surface area contributed by atoms with Crippen molar-refractivity contribution in [1.82, 2.24) is 0 Å². The van der Waals surface area contributed by atoms with Crippen LogP contribution in [0.25, 0.3) is 39.1 Å². The van der Waals surface area contributed by atoms with Crippen LogP contribution in [0.15, 0.2) is 194 Å². The van der Waals surface area contributed by atoms with Gasteiger partial charge < -0.3 is 15.5 Å². The summed E-state index contributed by atoms with van der Waals surface area (Å²) < 4.78 is 0. The topological polar surface area (TPSA) is 32.5 Å². The molecule has 54 heavy (non-hydrogen) atoms. The lowest BCUT2D eigenvalue weighted by Gasteiger charge is -2.42. The standard InChI is InChI=1S/C51H41N3/c1-51(2)46-22-11-12-23-49(46)54(43-20-7-4-8-21-43)50-29-26-40(35-47(50)51)39-25-28-48(52)45(34-39)41-17-13-14-36(32-41)30-31-53(42-18-5-3-6-19-42)44-27-24-37-15-9-10-16-38(37)33-44/h3-35H,52H2,1-2H3/b31-30+. The molecule has 9 rings (SSSR count). The monoisotopic (exact) mass is 695 g/mol. The Kier molecular flexibility index (Phi) is 8.33. The second-order valence-electron chi connectivity index (χ2n) is 14.5. The minimum atomic E-state index is -0.189. The number of nitrogens with zero attached hydrogens (tertiary/aromatic N) is 2. The first-order valence-corrected chi connectivity index (χ1v) is 18.5. The average molecular weight is 696 g/mol. The first-order chi connectivity index (χ1) is 26.4. The van der Waals surface area contributed by atoms with Gasteiger partial charge in [-0.2, -0.15) is 0 Å². The molecule has 1 aliphatic heterocycles. The van der Waals surface area contributed by atoms with Gasteiger partial charge in [-0.1, -0.05) is 129 Å². The molecule has 1 heterocycles. The van der Waals surface area contributed by atoms with Crippen LogP contribution in [0.5, 0.6) is 0 Å². The minimum Gasteiger partial charge on any atom is -0.398 e. The lowest BCUT2D eigenvalue weighted by Crippen LogP contribution is -2.30. The molecule has 2 N–H and O–H groups in total. The highest BCUT2D eigenvalue weighted by atomic mass is 15.2. The SMILES string of the molecule is CC1(C)c2ccccc2N(c2ccccc2)c2ccc(-c3ccc(N)c(-c4cccc(/C=C/N(c5ccccc5)c5ccc6ccccc6c5)c4)c3)cc21. The van der Waals surface area contributed by atoms with E-state index in [1.165, 1.54) is 38.8 Å². The number of para-hydroxylation sites is 3. The Labute approximate surface area is 317 Å². The van der Waals surface area contributed by atoms with Crippen LogP contribution >= 0.6 is 0 Å². The molecule has 0 atom stereocenters. The van der Waals surface area contributed by atoms with Crippen molar-refractivity contribution in [1.29, 1.82) is 0 Å². The maximum Gasteiger partial charge on any atom is 0.0503 e. The molecule has 0 saturated carbocycles. The molecular weight excluding hydrogens is 655 g/mol. The molecule has 0 fully saturated rings.